The van der Waals surface area contributed by atoms with Crippen LogP contribution in [0.25, 0.3) is 0 Å². The average molecular weight is 211 g/mol. The lowest BCUT2D eigenvalue weighted by molar-refractivity contribution is 0.0420. The Labute approximate surface area is 89.7 Å². The molecule has 1 aromatic heterocycles. The Morgan fingerprint density at radius 2 is 2.29 bits per heavy atom. The van der Waals surface area contributed by atoms with Gasteiger partial charge < -0.3 is 14.5 Å². The summed E-state index contributed by atoms with van der Waals surface area (Å²) in [7, 11) is 4.32. The van der Waals surface area contributed by atoms with Gasteiger partial charge in [-0.1, -0.05) is 0 Å². The number of hydrogen-bond acceptors (Lipinski definition) is 2. The Kier molecular flexibility index (Phi) is 2.49. The quantitative estimate of drug-likeness (QED) is 0.774. The first-order valence-corrected chi connectivity index (χ1v) is 5.46. The van der Waals surface area contributed by atoms with E-state index in [0.717, 1.165) is 11.3 Å². The van der Waals surface area contributed by atoms with E-state index in [0.29, 0.717) is 5.54 Å². The highest BCUT2D eigenvalue weighted by molar-refractivity contribution is 7.71. The highest BCUT2D eigenvalue weighted by Gasteiger charge is 2.39. The molecule has 0 amide bonds. The maximum absolute atomic E-state index is 5.20. The summed E-state index contributed by atoms with van der Waals surface area (Å²) in [5.41, 5.74) is 0.348. The first kappa shape index (κ1) is 9.93. The summed E-state index contributed by atoms with van der Waals surface area (Å²) < 4.78 is 2.97. The molecule has 1 aliphatic carbocycles. The summed E-state index contributed by atoms with van der Waals surface area (Å²) >= 11 is 5.20. The predicted molar refractivity (Wildman–Crippen MR) is 59.9 cm³/mol. The van der Waals surface area contributed by atoms with Crippen molar-refractivity contribution < 1.29 is 0 Å². The SMILES string of the molecule is CN(C)C1(Cn2cc[nH]c2=S)CCC1. The first-order valence-electron chi connectivity index (χ1n) is 5.05. The Morgan fingerprint density at radius 1 is 1.57 bits per heavy atom. The molecule has 1 heterocycles. The number of imidazole rings is 1. The number of rotatable bonds is 3. The van der Waals surface area contributed by atoms with Crippen molar-refractivity contribution in [3.63, 3.8) is 0 Å². The number of aromatic amines is 1. The molecule has 78 valence electrons. The van der Waals surface area contributed by atoms with Gasteiger partial charge in [0.1, 0.15) is 0 Å². The van der Waals surface area contributed by atoms with Gasteiger partial charge in [-0.25, -0.2) is 0 Å². The summed E-state index contributed by atoms with van der Waals surface area (Å²) in [5.74, 6) is 0. The maximum Gasteiger partial charge on any atom is 0.177 e. The fourth-order valence-electron chi connectivity index (χ4n) is 2.12. The van der Waals surface area contributed by atoms with Crippen molar-refractivity contribution >= 4 is 12.2 Å². The Hall–Kier alpha value is -0.610. The van der Waals surface area contributed by atoms with Gasteiger partial charge in [-0.05, 0) is 45.6 Å². The molecule has 0 bridgehead atoms. The van der Waals surface area contributed by atoms with Gasteiger partial charge in [0.15, 0.2) is 4.77 Å². The fourth-order valence-corrected chi connectivity index (χ4v) is 2.32. The fraction of sp³-hybridized carbons (Fsp3) is 0.700. The van der Waals surface area contributed by atoms with E-state index >= 15 is 0 Å². The van der Waals surface area contributed by atoms with E-state index in [9.17, 15) is 0 Å². The third-order valence-electron chi connectivity index (χ3n) is 3.42. The molecule has 1 saturated carbocycles. The molecule has 0 aromatic carbocycles. The minimum atomic E-state index is 0.348. The molecule has 1 aliphatic rings. The molecule has 4 heteroatoms. The average Bonchev–Trinajstić information content (AvgIpc) is 2.43. The van der Waals surface area contributed by atoms with Crippen LogP contribution in [-0.2, 0) is 6.54 Å². The van der Waals surface area contributed by atoms with Gasteiger partial charge in [-0.15, -0.1) is 0 Å². The zero-order valence-electron chi connectivity index (χ0n) is 8.79. The van der Waals surface area contributed by atoms with Crippen molar-refractivity contribution in [2.45, 2.75) is 31.3 Å². The molecule has 0 atom stereocenters. The minimum Gasteiger partial charge on any atom is -0.337 e. The summed E-state index contributed by atoms with van der Waals surface area (Å²) in [4.78, 5) is 5.38. The Morgan fingerprint density at radius 3 is 2.64 bits per heavy atom. The molecule has 1 N–H and O–H groups in total. The van der Waals surface area contributed by atoms with Crippen molar-refractivity contribution in [3.05, 3.63) is 17.2 Å². The summed E-state index contributed by atoms with van der Waals surface area (Å²) in [6.45, 7) is 1.02. The lowest BCUT2D eigenvalue weighted by Gasteiger charge is -2.47. The van der Waals surface area contributed by atoms with E-state index in [1.54, 1.807) is 0 Å². The zero-order chi connectivity index (χ0) is 10.2. The lowest BCUT2D eigenvalue weighted by atomic mass is 9.75. The van der Waals surface area contributed by atoms with Gasteiger partial charge in [0.2, 0.25) is 0 Å². The molecule has 2 rings (SSSR count). The second-order valence-electron chi connectivity index (χ2n) is 4.37. The van der Waals surface area contributed by atoms with Gasteiger partial charge in [0, 0.05) is 24.5 Å². The molecule has 0 radical (unpaired) electrons. The molecule has 0 aliphatic heterocycles. The second-order valence-corrected chi connectivity index (χ2v) is 4.75. The van der Waals surface area contributed by atoms with Crippen LogP contribution in [0.5, 0.6) is 0 Å². The predicted octanol–water partition coefficient (Wildman–Crippen LogP) is 2.03. The van der Waals surface area contributed by atoms with E-state index in [2.05, 4.69) is 28.5 Å². The summed E-state index contributed by atoms with van der Waals surface area (Å²) in [5, 5.41) is 0. The summed E-state index contributed by atoms with van der Waals surface area (Å²) in [6, 6.07) is 0. The number of nitrogens with zero attached hydrogens (tertiary/aromatic N) is 2. The van der Waals surface area contributed by atoms with Crippen LogP contribution in [0.4, 0.5) is 0 Å². The van der Waals surface area contributed by atoms with Gasteiger partial charge in [0.25, 0.3) is 0 Å². The standard InChI is InChI=1S/C10H17N3S/c1-12(2)10(4-3-5-10)8-13-7-6-11-9(13)14/h6-7H,3-5,8H2,1-2H3,(H,11,14). The third-order valence-corrected chi connectivity index (χ3v) is 3.77. The smallest absolute Gasteiger partial charge is 0.177 e. The molecular weight excluding hydrogens is 194 g/mol. The van der Waals surface area contributed by atoms with Crippen LogP contribution in [-0.4, -0.2) is 34.1 Å². The molecule has 3 nitrogen and oxygen atoms in total. The van der Waals surface area contributed by atoms with Crippen LogP contribution in [0.15, 0.2) is 12.4 Å². The van der Waals surface area contributed by atoms with E-state index < -0.39 is 0 Å². The van der Waals surface area contributed by atoms with E-state index in [4.69, 9.17) is 12.2 Å². The molecule has 0 spiro atoms. The Bertz CT molecular complexity index is 359. The van der Waals surface area contributed by atoms with Crippen molar-refractivity contribution in [3.8, 4) is 0 Å². The normalized spacial score (nSPS) is 19.6. The highest BCUT2D eigenvalue weighted by atomic mass is 32.1. The van der Waals surface area contributed by atoms with Crippen LogP contribution in [0.1, 0.15) is 19.3 Å². The van der Waals surface area contributed by atoms with E-state index in [-0.39, 0.29) is 0 Å². The lowest BCUT2D eigenvalue weighted by Crippen LogP contribution is -2.52. The van der Waals surface area contributed by atoms with Crippen LogP contribution in [0.2, 0.25) is 0 Å². The number of aromatic nitrogens is 2. The van der Waals surface area contributed by atoms with Gasteiger partial charge >= 0.3 is 0 Å². The number of hydrogen-bond donors (Lipinski definition) is 1. The zero-order valence-corrected chi connectivity index (χ0v) is 9.60. The van der Waals surface area contributed by atoms with Crippen molar-refractivity contribution in [2.75, 3.05) is 14.1 Å². The molecule has 1 fully saturated rings. The number of H-pyrrole nitrogens is 1. The molecule has 1 aromatic rings. The molecule has 14 heavy (non-hydrogen) atoms. The monoisotopic (exact) mass is 211 g/mol. The first-order chi connectivity index (χ1) is 6.64. The van der Waals surface area contributed by atoms with Crippen LogP contribution >= 0.6 is 12.2 Å². The van der Waals surface area contributed by atoms with Crippen molar-refractivity contribution in [2.24, 2.45) is 0 Å². The molecule has 0 saturated heterocycles. The van der Waals surface area contributed by atoms with E-state index in [1.807, 2.05) is 12.4 Å². The topological polar surface area (TPSA) is 24.0 Å². The van der Waals surface area contributed by atoms with Crippen molar-refractivity contribution in [1.29, 1.82) is 0 Å². The number of nitrogens with one attached hydrogen (secondary N) is 1. The van der Waals surface area contributed by atoms with Crippen LogP contribution < -0.4 is 0 Å². The molecule has 0 unspecified atom stereocenters. The van der Waals surface area contributed by atoms with Crippen molar-refractivity contribution in [1.82, 2.24) is 14.5 Å². The second kappa shape index (κ2) is 3.51. The van der Waals surface area contributed by atoms with Gasteiger partial charge in [-0.3, -0.25) is 0 Å². The molecular formula is C10H17N3S. The summed E-state index contributed by atoms with van der Waals surface area (Å²) in [6.07, 6.45) is 7.85. The number of likely N-dealkylation sites (N-methyl/N-ethyl adjacent to an activating group) is 1. The Balaban J connectivity index is 2.17. The maximum atomic E-state index is 5.20. The van der Waals surface area contributed by atoms with Crippen LogP contribution in [0.3, 0.4) is 0 Å². The minimum absolute atomic E-state index is 0.348. The highest BCUT2D eigenvalue weighted by Crippen LogP contribution is 2.37. The van der Waals surface area contributed by atoms with Gasteiger partial charge in [-0.2, -0.15) is 0 Å². The largest absolute Gasteiger partial charge is 0.337 e. The third kappa shape index (κ3) is 1.53. The van der Waals surface area contributed by atoms with Crippen LogP contribution in [0, 0.1) is 4.77 Å². The van der Waals surface area contributed by atoms with E-state index in [1.165, 1.54) is 19.3 Å². The van der Waals surface area contributed by atoms with Gasteiger partial charge in [0.05, 0.1) is 0 Å².